The third-order valence-corrected chi connectivity index (χ3v) is 3.03. The fourth-order valence-electron chi connectivity index (χ4n) is 2.15. The van der Waals surface area contributed by atoms with Crippen molar-refractivity contribution in [3.8, 4) is 11.4 Å². The molecule has 3 heterocycles. The van der Waals surface area contributed by atoms with Gasteiger partial charge < -0.3 is 5.32 Å². The average molecular weight is 268 g/mol. The number of hydrogen-bond donors (Lipinski definition) is 1. The third-order valence-electron chi connectivity index (χ3n) is 3.03. The minimum Gasteiger partial charge on any atom is -0.309 e. The number of nitrogens with one attached hydrogen (secondary N) is 1. The minimum atomic E-state index is -4.42. The molecule has 4 nitrogen and oxygen atoms in total. The average Bonchev–Trinajstić information content (AvgIpc) is 2.81. The van der Waals surface area contributed by atoms with E-state index in [0.717, 1.165) is 18.3 Å². The molecule has 0 bridgehead atoms. The Labute approximate surface area is 107 Å². The summed E-state index contributed by atoms with van der Waals surface area (Å²) in [5, 5.41) is 7.36. The first-order valence-corrected chi connectivity index (χ1v) is 5.86. The van der Waals surface area contributed by atoms with Crippen LogP contribution >= 0.6 is 0 Å². The van der Waals surface area contributed by atoms with E-state index in [2.05, 4.69) is 15.4 Å². The quantitative estimate of drug-likeness (QED) is 0.861. The topological polar surface area (TPSA) is 42.7 Å². The van der Waals surface area contributed by atoms with Gasteiger partial charge in [-0.25, -0.2) is 0 Å². The molecule has 100 valence electrons. The van der Waals surface area contributed by atoms with Gasteiger partial charge in [0, 0.05) is 19.3 Å². The molecule has 0 amide bonds. The molecule has 19 heavy (non-hydrogen) atoms. The molecule has 0 saturated carbocycles. The molecule has 2 aromatic rings. The van der Waals surface area contributed by atoms with Crippen molar-refractivity contribution in [1.82, 2.24) is 20.1 Å². The Bertz CT molecular complexity index is 580. The van der Waals surface area contributed by atoms with Crippen LogP contribution in [0, 0.1) is 0 Å². The highest BCUT2D eigenvalue weighted by Crippen LogP contribution is 2.35. The molecule has 0 aliphatic carbocycles. The maximum absolute atomic E-state index is 12.9. The molecule has 1 aliphatic heterocycles. The molecule has 7 heteroatoms. The van der Waals surface area contributed by atoms with E-state index >= 15 is 0 Å². The fourth-order valence-corrected chi connectivity index (χ4v) is 2.15. The van der Waals surface area contributed by atoms with Crippen LogP contribution < -0.4 is 5.32 Å². The van der Waals surface area contributed by atoms with Crippen LogP contribution in [0.2, 0.25) is 0 Å². The third kappa shape index (κ3) is 2.21. The van der Waals surface area contributed by atoms with Crippen molar-refractivity contribution in [1.29, 1.82) is 0 Å². The molecule has 1 N–H and O–H groups in total. The summed E-state index contributed by atoms with van der Waals surface area (Å²) < 4.78 is 40.5. The summed E-state index contributed by atoms with van der Waals surface area (Å²) in [6.07, 6.45) is -3.08. The highest BCUT2D eigenvalue weighted by molar-refractivity contribution is 5.60. The molecule has 0 unspecified atom stereocenters. The zero-order valence-electron chi connectivity index (χ0n) is 9.91. The van der Waals surface area contributed by atoms with Crippen molar-refractivity contribution in [2.75, 3.05) is 6.54 Å². The second-order valence-corrected chi connectivity index (χ2v) is 4.32. The Morgan fingerprint density at radius 3 is 2.89 bits per heavy atom. The minimum absolute atomic E-state index is 0.114. The predicted octanol–water partition coefficient (Wildman–Crippen LogP) is 2.07. The van der Waals surface area contributed by atoms with Crippen LogP contribution in [0.1, 0.15) is 11.3 Å². The maximum atomic E-state index is 12.9. The van der Waals surface area contributed by atoms with E-state index < -0.39 is 11.7 Å². The van der Waals surface area contributed by atoms with Gasteiger partial charge in [0.15, 0.2) is 0 Å². The van der Waals surface area contributed by atoms with E-state index in [4.69, 9.17) is 0 Å². The first-order chi connectivity index (χ1) is 9.05. The molecule has 2 aromatic heterocycles. The van der Waals surface area contributed by atoms with E-state index in [1.807, 2.05) is 0 Å². The van der Waals surface area contributed by atoms with Crippen LogP contribution in [0.3, 0.4) is 0 Å². The largest absolute Gasteiger partial charge is 0.418 e. The Morgan fingerprint density at radius 2 is 2.16 bits per heavy atom. The molecule has 0 fully saturated rings. The summed E-state index contributed by atoms with van der Waals surface area (Å²) >= 11 is 0. The second kappa shape index (κ2) is 4.34. The van der Waals surface area contributed by atoms with Gasteiger partial charge in [-0.05, 0) is 18.2 Å². The van der Waals surface area contributed by atoms with Crippen LogP contribution in [0.25, 0.3) is 11.4 Å². The van der Waals surface area contributed by atoms with Gasteiger partial charge in [-0.15, -0.1) is 0 Å². The first kappa shape index (κ1) is 12.2. The number of alkyl halides is 3. The normalized spacial score (nSPS) is 15.3. The van der Waals surface area contributed by atoms with Crippen molar-refractivity contribution in [3.05, 3.63) is 35.7 Å². The van der Waals surface area contributed by atoms with E-state index in [9.17, 15) is 13.2 Å². The summed E-state index contributed by atoms with van der Waals surface area (Å²) in [5.41, 5.74) is 0.280. The highest BCUT2D eigenvalue weighted by Gasteiger charge is 2.35. The van der Waals surface area contributed by atoms with Crippen LogP contribution in [0.15, 0.2) is 24.4 Å². The van der Waals surface area contributed by atoms with Gasteiger partial charge >= 0.3 is 6.18 Å². The van der Waals surface area contributed by atoms with Crippen LogP contribution in [0.5, 0.6) is 0 Å². The summed E-state index contributed by atoms with van der Waals surface area (Å²) in [7, 11) is 0. The molecular formula is C12H11F3N4. The Morgan fingerprint density at radius 1 is 1.32 bits per heavy atom. The summed E-state index contributed by atoms with van der Waals surface area (Å²) in [4.78, 5) is 3.84. The Kier molecular flexibility index (Phi) is 2.78. The zero-order valence-corrected chi connectivity index (χ0v) is 9.91. The number of hydrogen-bond acceptors (Lipinski definition) is 3. The standard InChI is InChI=1S/C12H11F3N4/c13-12(14,15)9-2-1-3-17-11(9)10-6-8-7-16-4-5-19(8)18-10/h1-3,6,16H,4-5,7H2. The van der Waals surface area contributed by atoms with Crippen molar-refractivity contribution < 1.29 is 13.2 Å². The van der Waals surface area contributed by atoms with Gasteiger partial charge in [0.2, 0.25) is 0 Å². The molecule has 3 rings (SSSR count). The van der Waals surface area contributed by atoms with Crippen molar-refractivity contribution in [2.24, 2.45) is 0 Å². The van der Waals surface area contributed by atoms with E-state index in [-0.39, 0.29) is 11.4 Å². The van der Waals surface area contributed by atoms with Crippen molar-refractivity contribution in [2.45, 2.75) is 19.3 Å². The van der Waals surface area contributed by atoms with Crippen molar-refractivity contribution in [3.63, 3.8) is 0 Å². The lowest BCUT2D eigenvalue weighted by Crippen LogP contribution is -2.28. The smallest absolute Gasteiger partial charge is 0.309 e. The summed E-state index contributed by atoms with van der Waals surface area (Å²) in [6, 6.07) is 3.96. The number of aromatic nitrogens is 3. The first-order valence-electron chi connectivity index (χ1n) is 5.86. The number of fused-ring (bicyclic) bond motifs is 1. The number of nitrogens with zero attached hydrogens (tertiary/aromatic N) is 3. The van der Waals surface area contributed by atoms with Crippen LogP contribution in [-0.4, -0.2) is 21.3 Å². The predicted molar refractivity (Wildman–Crippen MR) is 62.2 cm³/mol. The zero-order chi connectivity index (χ0) is 13.5. The Balaban J connectivity index is 2.09. The second-order valence-electron chi connectivity index (χ2n) is 4.32. The van der Waals surface area contributed by atoms with Gasteiger partial charge in [-0.2, -0.15) is 18.3 Å². The number of halogens is 3. The van der Waals surface area contributed by atoms with Crippen molar-refractivity contribution >= 4 is 0 Å². The molecule has 0 aromatic carbocycles. The number of rotatable bonds is 1. The lowest BCUT2D eigenvalue weighted by molar-refractivity contribution is -0.137. The van der Waals surface area contributed by atoms with E-state index in [1.165, 1.54) is 12.3 Å². The van der Waals surface area contributed by atoms with Gasteiger partial charge in [0.05, 0.1) is 17.8 Å². The summed E-state index contributed by atoms with van der Waals surface area (Å²) in [6.45, 7) is 2.03. The maximum Gasteiger partial charge on any atom is 0.418 e. The van der Waals surface area contributed by atoms with Gasteiger partial charge in [-0.1, -0.05) is 0 Å². The Hall–Kier alpha value is -1.89. The van der Waals surface area contributed by atoms with E-state index in [0.29, 0.717) is 13.1 Å². The van der Waals surface area contributed by atoms with Crippen LogP contribution in [0.4, 0.5) is 13.2 Å². The molecule has 0 radical (unpaired) electrons. The monoisotopic (exact) mass is 268 g/mol. The summed E-state index contributed by atoms with van der Waals surface area (Å²) in [5.74, 6) is 0. The highest BCUT2D eigenvalue weighted by atomic mass is 19.4. The molecule has 0 atom stereocenters. The van der Waals surface area contributed by atoms with E-state index in [1.54, 1.807) is 10.7 Å². The lowest BCUT2D eigenvalue weighted by Gasteiger charge is -2.13. The van der Waals surface area contributed by atoms with Gasteiger partial charge in [0.1, 0.15) is 11.4 Å². The molecule has 0 saturated heterocycles. The van der Waals surface area contributed by atoms with Gasteiger partial charge in [-0.3, -0.25) is 9.67 Å². The van der Waals surface area contributed by atoms with Gasteiger partial charge in [0.25, 0.3) is 0 Å². The lowest BCUT2D eigenvalue weighted by atomic mass is 10.1. The van der Waals surface area contributed by atoms with Crippen LogP contribution in [-0.2, 0) is 19.3 Å². The molecule has 1 aliphatic rings. The molecule has 0 spiro atoms. The SMILES string of the molecule is FC(F)(F)c1cccnc1-c1cc2n(n1)CCNC2. The fraction of sp³-hybridized carbons (Fsp3) is 0.333. The number of pyridine rings is 1. The molecular weight excluding hydrogens is 257 g/mol.